The van der Waals surface area contributed by atoms with Crippen molar-refractivity contribution in [3.05, 3.63) is 0 Å². The SMILES string of the molecule is O=C1CC(NCCSC(F)(F)F)CCCN1. The molecule has 0 radical (unpaired) electrons. The van der Waals surface area contributed by atoms with E-state index in [-0.39, 0.29) is 36.0 Å². The largest absolute Gasteiger partial charge is 0.441 e. The van der Waals surface area contributed by atoms with Crippen molar-refractivity contribution in [3.8, 4) is 0 Å². The Hall–Kier alpha value is -0.430. The molecular formula is C9H15F3N2OS. The topological polar surface area (TPSA) is 41.1 Å². The molecule has 2 N–H and O–H groups in total. The van der Waals surface area contributed by atoms with E-state index >= 15 is 0 Å². The molecular weight excluding hydrogens is 241 g/mol. The number of alkyl halides is 3. The molecule has 1 unspecified atom stereocenters. The summed E-state index contributed by atoms with van der Waals surface area (Å²) < 4.78 is 35.5. The van der Waals surface area contributed by atoms with E-state index < -0.39 is 5.51 Å². The highest BCUT2D eigenvalue weighted by Crippen LogP contribution is 2.29. The molecule has 0 aliphatic carbocycles. The molecule has 1 rings (SSSR count). The number of carbonyl (C=O) groups excluding carboxylic acids is 1. The van der Waals surface area contributed by atoms with Crippen LogP contribution in [0.25, 0.3) is 0 Å². The minimum atomic E-state index is -4.16. The van der Waals surface area contributed by atoms with Gasteiger partial charge >= 0.3 is 5.51 Å². The van der Waals surface area contributed by atoms with E-state index in [2.05, 4.69) is 10.6 Å². The summed E-state index contributed by atoms with van der Waals surface area (Å²) in [6.07, 6.45) is 2.06. The van der Waals surface area contributed by atoms with Crippen LogP contribution in [-0.2, 0) is 4.79 Å². The van der Waals surface area contributed by atoms with Gasteiger partial charge in [0, 0.05) is 31.3 Å². The Kier molecular flexibility index (Phi) is 5.40. The van der Waals surface area contributed by atoms with Crippen LogP contribution in [0.3, 0.4) is 0 Å². The average Bonchev–Trinajstić information content (AvgIpc) is 2.36. The summed E-state index contributed by atoms with van der Waals surface area (Å²) in [7, 11) is 0. The van der Waals surface area contributed by atoms with Gasteiger partial charge in [-0.2, -0.15) is 13.2 Å². The van der Waals surface area contributed by atoms with E-state index in [1.165, 1.54) is 0 Å². The van der Waals surface area contributed by atoms with E-state index in [1.807, 2.05) is 0 Å². The van der Waals surface area contributed by atoms with Crippen molar-refractivity contribution in [2.24, 2.45) is 0 Å². The molecule has 1 heterocycles. The van der Waals surface area contributed by atoms with Crippen LogP contribution in [0.15, 0.2) is 0 Å². The number of hydrogen-bond donors (Lipinski definition) is 2. The third kappa shape index (κ3) is 6.22. The maximum absolute atomic E-state index is 11.8. The number of amides is 1. The standard InChI is InChI=1S/C9H15F3N2OS/c10-9(11,12)16-5-4-13-7-2-1-3-14-8(15)6-7/h7,13H,1-6H2,(H,14,15). The van der Waals surface area contributed by atoms with Crippen LogP contribution in [-0.4, -0.2) is 36.3 Å². The van der Waals surface area contributed by atoms with Gasteiger partial charge in [-0.1, -0.05) is 0 Å². The van der Waals surface area contributed by atoms with Gasteiger partial charge in [0.05, 0.1) is 0 Å². The summed E-state index contributed by atoms with van der Waals surface area (Å²) in [4.78, 5) is 11.1. The molecule has 0 aromatic heterocycles. The van der Waals surface area contributed by atoms with Crippen LogP contribution < -0.4 is 10.6 Å². The summed E-state index contributed by atoms with van der Waals surface area (Å²) in [6, 6.07) is 0.0105. The fourth-order valence-electron chi connectivity index (χ4n) is 1.58. The van der Waals surface area contributed by atoms with Crippen molar-refractivity contribution >= 4 is 17.7 Å². The van der Waals surface area contributed by atoms with Crippen molar-refractivity contribution in [3.63, 3.8) is 0 Å². The number of thioether (sulfide) groups is 1. The molecule has 1 atom stereocenters. The van der Waals surface area contributed by atoms with E-state index in [0.29, 0.717) is 13.0 Å². The van der Waals surface area contributed by atoms with Gasteiger partial charge in [0.1, 0.15) is 0 Å². The lowest BCUT2D eigenvalue weighted by molar-refractivity contribution is -0.121. The third-order valence-electron chi connectivity index (χ3n) is 2.28. The molecule has 1 saturated heterocycles. The molecule has 0 spiro atoms. The molecule has 1 aliphatic heterocycles. The Bertz CT molecular complexity index is 235. The fourth-order valence-corrected chi connectivity index (χ4v) is 2.03. The summed E-state index contributed by atoms with van der Waals surface area (Å²) in [5.74, 6) is -0.0415. The number of hydrogen-bond acceptors (Lipinski definition) is 3. The van der Waals surface area contributed by atoms with Gasteiger partial charge in [0.2, 0.25) is 5.91 Å². The minimum Gasteiger partial charge on any atom is -0.356 e. The molecule has 94 valence electrons. The Balaban J connectivity index is 2.14. The van der Waals surface area contributed by atoms with Gasteiger partial charge in [-0.05, 0) is 24.6 Å². The highest BCUT2D eigenvalue weighted by atomic mass is 32.2. The Morgan fingerprint density at radius 1 is 1.50 bits per heavy atom. The molecule has 7 heteroatoms. The molecule has 0 aromatic carbocycles. The lowest BCUT2D eigenvalue weighted by Crippen LogP contribution is -2.34. The van der Waals surface area contributed by atoms with Gasteiger partial charge in [-0.15, -0.1) is 0 Å². The molecule has 3 nitrogen and oxygen atoms in total. The Labute approximate surface area is 96.5 Å². The summed E-state index contributed by atoms with van der Waals surface area (Å²) >= 11 is -0.0349. The second-order valence-electron chi connectivity index (χ2n) is 3.64. The normalized spacial score (nSPS) is 22.7. The van der Waals surface area contributed by atoms with Gasteiger partial charge in [-0.25, -0.2) is 0 Å². The van der Waals surface area contributed by atoms with Crippen molar-refractivity contribution in [1.82, 2.24) is 10.6 Å². The van der Waals surface area contributed by atoms with Crippen LogP contribution in [0.1, 0.15) is 19.3 Å². The van der Waals surface area contributed by atoms with Crippen LogP contribution >= 0.6 is 11.8 Å². The summed E-state index contributed by atoms with van der Waals surface area (Å²) in [5.41, 5.74) is -4.16. The first-order valence-corrected chi connectivity index (χ1v) is 6.17. The second-order valence-corrected chi connectivity index (χ2v) is 4.80. The van der Waals surface area contributed by atoms with E-state index in [9.17, 15) is 18.0 Å². The molecule has 1 fully saturated rings. The number of rotatable bonds is 4. The molecule has 0 bridgehead atoms. The van der Waals surface area contributed by atoms with Crippen molar-refractivity contribution in [2.45, 2.75) is 30.8 Å². The highest BCUT2D eigenvalue weighted by molar-refractivity contribution is 8.00. The van der Waals surface area contributed by atoms with Gasteiger partial charge in [0.15, 0.2) is 0 Å². The van der Waals surface area contributed by atoms with Crippen molar-refractivity contribution in [2.75, 3.05) is 18.8 Å². The van der Waals surface area contributed by atoms with Gasteiger partial charge < -0.3 is 10.6 Å². The zero-order chi connectivity index (χ0) is 12.0. The first-order chi connectivity index (χ1) is 7.47. The number of carbonyl (C=O) groups is 1. The zero-order valence-electron chi connectivity index (χ0n) is 8.77. The monoisotopic (exact) mass is 256 g/mol. The van der Waals surface area contributed by atoms with Crippen LogP contribution in [0.4, 0.5) is 13.2 Å². The number of halogens is 3. The highest BCUT2D eigenvalue weighted by Gasteiger charge is 2.27. The average molecular weight is 256 g/mol. The predicted molar refractivity (Wildman–Crippen MR) is 57.2 cm³/mol. The van der Waals surface area contributed by atoms with Crippen molar-refractivity contribution < 1.29 is 18.0 Å². The fraction of sp³-hybridized carbons (Fsp3) is 0.889. The van der Waals surface area contributed by atoms with Gasteiger partial charge in [0.25, 0.3) is 0 Å². The van der Waals surface area contributed by atoms with Crippen LogP contribution in [0.5, 0.6) is 0 Å². The van der Waals surface area contributed by atoms with Crippen LogP contribution in [0, 0.1) is 0 Å². The molecule has 16 heavy (non-hydrogen) atoms. The smallest absolute Gasteiger partial charge is 0.356 e. The van der Waals surface area contributed by atoms with Crippen LogP contribution in [0.2, 0.25) is 0 Å². The Morgan fingerprint density at radius 3 is 2.94 bits per heavy atom. The zero-order valence-corrected chi connectivity index (χ0v) is 9.59. The van der Waals surface area contributed by atoms with E-state index in [4.69, 9.17) is 0 Å². The maximum Gasteiger partial charge on any atom is 0.441 e. The first-order valence-electron chi connectivity index (χ1n) is 5.18. The molecule has 1 amide bonds. The number of nitrogens with one attached hydrogen (secondary N) is 2. The predicted octanol–water partition coefficient (Wildman–Crippen LogP) is 1.50. The Morgan fingerprint density at radius 2 is 2.25 bits per heavy atom. The van der Waals surface area contributed by atoms with Crippen molar-refractivity contribution in [1.29, 1.82) is 0 Å². The minimum absolute atomic E-state index is 0.0105. The first kappa shape index (κ1) is 13.6. The maximum atomic E-state index is 11.8. The third-order valence-corrected chi connectivity index (χ3v) is 3.02. The lowest BCUT2D eigenvalue weighted by Gasteiger charge is -2.15. The molecule has 0 saturated carbocycles. The quantitative estimate of drug-likeness (QED) is 0.749. The molecule has 1 aliphatic rings. The molecule has 0 aromatic rings. The van der Waals surface area contributed by atoms with E-state index in [1.54, 1.807) is 0 Å². The second kappa shape index (κ2) is 6.34. The summed E-state index contributed by atoms with van der Waals surface area (Å²) in [5, 5.41) is 5.71. The van der Waals surface area contributed by atoms with E-state index in [0.717, 1.165) is 12.8 Å². The summed E-state index contributed by atoms with van der Waals surface area (Å²) in [6.45, 7) is 0.941. The lowest BCUT2D eigenvalue weighted by atomic mass is 10.1. The van der Waals surface area contributed by atoms with Gasteiger partial charge in [-0.3, -0.25) is 4.79 Å².